The van der Waals surface area contributed by atoms with Crippen molar-refractivity contribution in [2.45, 2.75) is 12.8 Å². The van der Waals surface area contributed by atoms with Crippen molar-refractivity contribution in [2.24, 2.45) is 0 Å². The van der Waals surface area contributed by atoms with Crippen LogP contribution in [0.2, 0.25) is 0 Å². The summed E-state index contributed by atoms with van der Waals surface area (Å²) >= 11 is 0. The molecule has 0 atom stereocenters. The Balaban J connectivity index is 1.53. The Morgan fingerprint density at radius 1 is 0.750 bits per heavy atom. The molecule has 0 spiro atoms. The maximum Gasteiger partial charge on any atom is 0.159 e. The van der Waals surface area contributed by atoms with Crippen molar-refractivity contribution >= 4 is 10.8 Å². The lowest BCUT2D eigenvalue weighted by atomic mass is 10.0. The molecule has 4 aromatic rings. The zero-order chi connectivity index (χ0) is 22.7. The molecule has 0 N–H and O–H groups in total. The van der Waals surface area contributed by atoms with Gasteiger partial charge in [0.1, 0.15) is 17.4 Å². The molecule has 0 unspecified atom stereocenters. The Bertz CT molecular complexity index is 1330. The van der Waals surface area contributed by atoms with Crippen molar-refractivity contribution in [3.63, 3.8) is 0 Å². The van der Waals surface area contributed by atoms with Crippen molar-refractivity contribution in [1.29, 1.82) is 0 Å². The summed E-state index contributed by atoms with van der Waals surface area (Å²) in [6.45, 7) is 0. The molecule has 0 aliphatic carbocycles. The molecule has 0 saturated heterocycles. The molecular formula is C26H17F4NO. The number of aromatic nitrogens is 1. The van der Waals surface area contributed by atoms with Gasteiger partial charge in [-0.2, -0.15) is 0 Å². The highest BCUT2D eigenvalue weighted by molar-refractivity contribution is 5.84. The molecule has 0 aliphatic heterocycles. The maximum absolute atomic E-state index is 14.5. The van der Waals surface area contributed by atoms with Crippen LogP contribution in [0.1, 0.15) is 22.4 Å². The fourth-order valence-electron chi connectivity index (χ4n) is 3.30. The monoisotopic (exact) mass is 435 g/mol. The minimum Gasteiger partial charge on any atom is -0.495 e. The van der Waals surface area contributed by atoms with Gasteiger partial charge in [0, 0.05) is 11.3 Å². The number of hydrogen-bond acceptors (Lipinski definition) is 2. The molecule has 3 aromatic carbocycles. The summed E-state index contributed by atoms with van der Waals surface area (Å²) in [5.41, 5.74) is 1.35. The summed E-state index contributed by atoms with van der Waals surface area (Å²) in [5.74, 6) is 2.40. The summed E-state index contributed by atoms with van der Waals surface area (Å²) in [5, 5.41) is 0.946. The van der Waals surface area contributed by atoms with Crippen LogP contribution in [0.5, 0.6) is 5.75 Å². The minimum absolute atomic E-state index is 0.346. The molecule has 0 bridgehead atoms. The van der Waals surface area contributed by atoms with Crippen molar-refractivity contribution in [2.75, 3.05) is 7.11 Å². The number of aryl methyl sites for hydroxylation is 2. The van der Waals surface area contributed by atoms with Crippen LogP contribution in [0.4, 0.5) is 17.6 Å². The fraction of sp³-hybridized carbons (Fsp3) is 0.115. The topological polar surface area (TPSA) is 22.1 Å². The van der Waals surface area contributed by atoms with Crippen LogP contribution < -0.4 is 4.74 Å². The van der Waals surface area contributed by atoms with E-state index in [2.05, 4.69) is 16.8 Å². The summed E-state index contributed by atoms with van der Waals surface area (Å²) < 4.78 is 60.9. The van der Waals surface area contributed by atoms with Crippen LogP contribution in [0.25, 0.3) is 10.8 Å². The Morgan fingerprint density at radius 2 is 1.47 bits per heavy atom. The van der Waals surface area contributed by atoms with E-state index in [-0.39, 0.29) is 5.56 Å². The van der Waals surface area contributed by atoms with Gasteiger partial charge < -0.3 is 4.74 Å². The van der Waals surface area contributed by atoms with Gasteiger partial charge in [0.15, 0.2) is 11.6 Å². The number of nitrogens with zero attached hydrogens (tertiary/aromatic N) is 1. The third-order valence-corrected chi connectivity index (χ3v) is 5.02. The molecule has 0 fully saturated rings. The number of ether oxygens (including phenoxy) is 1. The van der Waals surface area contributed by atoms with E-state index < -0.39 is 23.3 Å². The highest BCUT2D eigenvalue weighted by atomic mass is 19.2. The van der Waals surface area contributed by atoms with E-state index in [1.807, 2.05) is 0 Å². The average Bonchev–Trinajstić information content (AvgIpc) is 2.78. The van der Waals surface area contributed by atoms with Crippen LogP contribution in [0.3, 0.4) is 0 Å². The number of halogens is 4. The molecule has 0 aliphatic rings. The molecule has 1 heterocycles. The summed E-state index contributed by atoms with van der Waals surface area (Å²) in [6.07, 6.45) is 2.52. The maximum atomic E-state index is 14.5. The SMILES string of the molecule is COc1ccc(CCc2cc(F)c(C#Cc3ccc4cc(F)c(F)cc4c3)c(F)c2)nc1. The molecule has 0 saturated carbocycles. The lowest BCUT2D eigenvalue weighted by molar-refractivity contribution is 0.412. The zero-order valence-electron chi connectivity index (χ0n) is 17.1. The lowest BCUT2D eigenvalue weighted by Gasteiger charge is -2.05. The molecule has 0 radical (unpaired) electrons. The van der Waals surface area contributed by atoms with Gasteiger partial charge in [-0.05, 0) is 77.7 Å². The van der Waals surface area contributed by atoms with Crippen molar-refractivity contribution in [1.82, 2.24) is 4.98 Å². The van der Waals surface area contributed by atoms with Crippen LogP contribution >= 0.6 is 0 Å². The first-order chi connectivity index (χ1) is 15.4. The number of benzene rings is 3. The van der Waals surface area contributed by atoms with Crippen molar-refractivity contribution in [3.8, 4) is 17.6 Å². The van der Waals surface area contributed by atoms with Crippen molar-refractivity contribution < 1.29 is 22.3 Å². The van der Waals surface area contributed by atoms with E-state index in [1.54, 1.807) is 37.6 Å². The Kier molecular flexibility index (Phi) is 6.09. The predicted molar refractivity (Wildman–Crippen MR) is 114 cm³/mol. The smallest absolute Gasteiger partial charge is 0.159 e. The molecule has 1 aromatic heterocycles. The predicted octanol–water partition coefficient (Wildman–Crippen LogP) is 5.98. The number of hydrogen-bond donors (Lipinski definition) is 0. The zero-order valence-corrected chi connectivity index (χ0v) is 17.1. The number of pyridine rings is 1. The number of methoxy groups -OCH3 is 1. The van der Waals surface area contributed by atoms with Crippen LogP contribution in [0, 0.1) is 35.1 Å². The van der Waals surface area contributed by atoms with Gasteiger partial charge in [0.25, 0.3) is 0 Å². The first-order valence-electron chi connectivity index (χ1n) is 9.80. The molecule has 4 rings (SSSR count). The molecule has 6 heteroatoms. The van der Waals surface area contributed by atoms with Crippen molar-refractivity contribution in [3.05, 3.63) is 106 Å². The largest absolute Gasteiger partial charge is 0.495 e. The Morgan fingerprint density at radius 3 is 2.12 bits per heavy atom. The van der Waals surface area contributed by atoms with E-state index in [4.69, 9.17) is 4.74 Å². The second kappa shape index (κ2) is 9.11. The molecule has 160 valence electrons. The van der Waals surface area contributed by atoms with E-state index in [0.717, 1.165) is 17.8 Å². The van der Waals surface area contributed by atoms with Gasteiger partial charge in [-0.15, -0.1) is 0 Å². The third kappa shape index (κ3) is 4.73. The van der Waals surface area contributed by atoms with E-state index >= 15 is 0 Å². The van der Waals surface area contributed by atoms with Gasteiger partial charge >= 0.3 is 0 Å². The van der Waals surface area contributed by atoms with Gasteiger partial charge in [-0.1, -0.05) is 17.9 Å². The second-order valence-corrected chi connectivity index (χ2v) is 7.20. The highest BCUT2D eigenvalue weighted by Crippen LogP contribution is 2.21. The van der Waals surface area contributed by atoms with Crippen LogP contribution in [0.15, 0.2) is 60.8 Å². The minimum atomic E-state index is -0.972. The Labute approximate surface area is 182 Å². The summed E-state index contributed by atoms with van der Waals surface area (Å²) in [4.78, 5) is 4.24. The highest BCUT2D eigenvalue weighted by Gasteiger charge is 2.10. The van der Waals surface area contributed by atoms with Gasteiger partial charge in [-0.25, -0.2) is 17.6 Å². The first kappa shape index (κ1) is 21.4. The molecule has 32 heavy (non-hydrogen) atoms. The van der Waals surface area contributed by atoms with Gasteiger partial charge in [-0.3, -0.25) is 4.98 Å². The molecular weight excluding hydrogens is 418 g/mol. The summed E-state index contributed by atoms with van der Waals surface area (Å²) in [6, 6.07) is 12.9. The van der Waals surface area contributed by atoms with Crippen LogP contribution in [-0.4, -0.2) is 12.1 Å². The quantitative estimate of drug-likeness (QED) is 0.290. The third-order valence-electron chi connectivity index (χ3n) is 5.02. The van der Waals surface area contributed by atoms with Gasteiger partial charge in [0.2, 0.25) is 0 Å². The number of rotatable bonds is 4. The molecule has 2 nitrogen and oxygen atoms in total. The first-order valence-corrected chi connectivity index (χ1v) is 9.80. The van der Waals surface area contributed by atoms with E-state index in [1.165, 1.54) is 18.2 Å². The van der Waals surface area contributed by atoms with E-state index in [0.29, 0.717) is 40.5 Å². The summed E-state index contributed by atoms with van der Waals surface area (Å²) in [7, 11) is 1.55. The van der Waals surface area contributed by atoms with E-state index in [9.17, 15) is 17.6 Å². The normalized spacial score (nSPS) is 10.7. The Hall–Kier alpha value is -3.85. The standard InChI is InChI=1S/C26H17F4NO/c1-32-21-8-7-20(31-15-21)6-3-17-11-23(27)22(24(28)12-17)9-4-16-2-5-18-13-25(29)26(30)14-19(18)10-16/h2,5,7-8,10-15H,3,6H2,1H3. The lowest BCUT2D eigenvalue weighted by Crippen LogP contribution is -1.99. The number of fused-ring (bicyclic) bond motifs is 1. The van der Waals surface area contributed by atoms with Crippen LogP contribution in [-0.2, 0) is 12.8 Å². The fourth-order valence-corrected chi connectivity index (χ4v) is 3.30. The second-order valence-electron chi connectivity index (χ2n) is 7.20. The van der Waals surface area contributed by atoms with Gasteiger partial charge in [0.05, 0.1) is 18.9 Å². The molecule has 0 amide bonds. The average molecular weight is 435 g/mol.